The van der Waals surface area contributed by atoms with Gasteiger partial charge in [0.25, 0.3) is 11.8 Å². The first-order valence-electron chi connectivity index (χ1n) is 9.88. The summed E-state index contributed by atoms with van der Waals surface area (Å²) in [5.41, 5.74) is 1.03. The molecule has 1 N–H and O–H groups in total. The van der Waals surface area contributed by atoms with Crippen molar-refractivity contribution in [2.24, 2.45) is 0 Å². The Balaban J connectivity index is 0.00000306. The van der Waals surface area contributed by atoms with Crippen molar-refractivity contribution in [3.63, 3.8) is 0 Å². The summed E-state index contributed by atoms with van der Waals surface area (Å²) < 4.78 is 32.6. The molecule has 10 nitrogen and oxygen atoms in total. The first-order chi connectivity index (χ1) is 15.2. The Morgan fingerprint density at radius 1 is 1.09 bits per heavy atom. The van der Waals surface area contributed by atoms with E-state index in [1.807, 2.05) is 0 Å². The number of carbonyl (C=O) groups is 3. The Kier molecular flexibility index (Phi) is 7.49. The van der Waals surface area contributed by atoms with E-state index in [9.17, 15) is 32.5 Å². The molecule has 0 aliphatic carbocycles. The molecule has 168 valence electrons. The Morgan fingerprint density at radius 3 is 2.21 bits per heavy atom. The number of hydrogen-bond donors (Lipinski definition) is 1. The van der Waals surface area contributed by atoms with Crippen LogP contribution in [0.15, 0.2) is 60.7 Å². The van der Waals surface area contributed by atoms with Gasteiger partial charge in [-0.3, -0.25) is 14.1 Å². The van der Waals surface area contributed by atoms with Gasteiger partial charge in [-0.1, -0.05) is 60.7 Å². The van der Waals surface area contributed by atoms with E-state index in [0.717, 1.165) is 4.90 Å². The van der Waals surface area contributed by atoms with Crippen LogP contribution in [-0.4, -0.2) is 63.6 Å². The molecule has 2 aromatic carbocycles. The van der Waals surface area contributed by atoms with Crippen molar-refractivity contribution in [2.45, 2.75) is 31.1 Å². The van der Waals surface area contributed by atoms with Gasteiger partial charge in [0, 0.05) is 13.1 Å². The van der Waals surface area contributed by atoms with E-state index in [4.69, 9.17) is 0 Å². The number of carbonyl (C=O) groups excluding carboxylic acids is 3. The number of hydrogen-bond acceptors (Lipinski definition) is 6. The van der Waals surface area contributed by atoms with Gasteiger partial charge in [0.1, 0.15) is 18.2 Å². The molecular formula is C21H20N3NaO7S. The molecule has 33 heavy (non-hydrogen) atoms. The summed E-state index contributed by atoms with van der Waals surface area (Å²) in [6.45, 7) is -0.0804. The van der Waals surface area contributed by atoms with Crippen LogP contribution in [0.2, 0.25) is 0 Å². The number of β-lactam (4-membered cyclic amide) rings is 1. The summed E-state index contributed by atoms with van der Waals surface area (Å²) in [6.07, 6.45) is -1.42. The van der Waals surface area contributed by atoms with Gasteiger partial charge < -0.3 is 19.7 Å². The summed E-state index contributed by atoms with van der Waals surface area (Å²) >= 11 is 0. The van der Waals surface area contributed by atoms with Crippen LogP contribution in [0, 0.1) is 0 Å². The molecule has 0 saturated carbocycles. The first kappa shape index (κ1) is 25.2. The average Bonchev–Trinajstić information content (AvgIpc) is 3.12. The third kappa shape index (κ3) is 4.78. The second-order valence-electron chi connectivity index (χ2n) is 7.64. The van der Waals surface area contributed by atoms with Gasteiger partial charge in [0.2, 0.25) is 0 Å². The fourth-order valence-electron chi connectivity index (χ4n) is 4.35. The third-order valence-electron chi connectivity index (χ3n) is 5.76. The van der Waals surface area contributed by atoms with Crippen molar-refractivity contribution in [3.05, 3.63) is 71.8 Å². The number of fused-ring (bicyclic) bond motifs is 1. The maximum absolute atomic E-state index is 13.6. The predicted molar refractivity (Wildman–Crippen MR) is 109 cm³/mol. The second kappa shape index (κ2) is 9.82. The molecule has 3 amide bonds. The van der Waals surface area contributed by atoms with Gasteiger partial charge in [-0.15, -0.1) is 0 Å². The van der Waals surface area contributed by atoms with Crippen molar-refractivity contribution < 1.29 is 62.0 Å². The summed E-state index contributed by atoms with van der Waals surface area (Å²) in [5.74, 6) is -1.58. The van der Waals surface area contributed by atoms with E-state index >= 15 is 0 Å². The van der Waals surface area contributed by atoms with E-state index in [2.05, 4.69) is 0 Å². The van der Waals surface area contributed by atoms with Gasteiger partial charge in [-0.05, 0) is 17.5 Å². The maximum atomic E-state index is 13.6. The zero-order valence-electron chi connectivity index (χ0n) is 17.8. The Labute approximate surface area is 212 Å². The average molecular weight is 481 g/mol. The number of carboxylic acid groups (broad SMARTS) is 1. The van der Waals surface area contributed by atoms with Crippen LogP contribution in [-0.2, 0) is 26.4 Å². The molecule has 2 heterocycles. The first-order valence-corrected chi connectivity index (χ1v) is 11.3. The van der Waals surface area contributed by atoms with E-state index in [1.54, 1.807) is 60.7 Å². The molecule has 0 unspecified atom stereocenters. The monoisotopic (exact) mass is 481 g/mol. The largest absolute Gasteiger partial charge is 1.00 e. The quantitative estimate of drug-likeness (QED) is 0.267. The van der Waals surface area contributed by atoms with Crippen molar-refractivity contribution in [1.29, 1.82) is 0 Å². The maximum Gasteiger partial charge on any atom is 1.00 e. The van der Waals surface area contributed by atoms with E-state index in [0.29, 0.717) is 15.4 Å². The minimum absolute atomic E-state index is 0. The summed E-state index contributed by atoms with van der Waals surface area (Å²) in [4.78, 5) is 40.2. The van der Waals surface area contributed by atoms with Crippen LogP contribution >= 0.6 is 0 Å². The van der Waals surface area contributed by atoms with Crippen LogP contribution in [0.25, 0.3) is 0 Å². The smallest absolute Gasteiger partial charge is 0.530 e. The van der Waals surface area contributed by atoms with E-state index in [-0.39, 0.29) is 49.1 Å². The van der Waals surface area contributed by atoms with Crippen LogP contribution in [0.4, 0.5) is 4.79 Å². The molecule has 2 aromatic rings. The van der Waals surface area contributed by atoms with Crippen molar-refractivity contribution in [2.75, 3.05) is 6.54 Å². The minimum Gasteiger partial charge on any atom is -0.530 e. The van der Waals surface area contributed by atoms with E-state index < -0.39 is 46.3 Å². The van der Waals surface area contributed by atoms with Crippen LogP contribution in [0.5, 0.6) is 0 Å². The molecule has 12 heteroatoms. The van der Waals surface area contributed by atoms with Crippen LogP contribution < -0.4 is 34.7 Å². The molecule has 0 bridgehead atoms. The van der Waals surface area contributed by atoms with Gasteiger partial charge in [-0.2, -0.15) is 8.42 Å². The molecule has 3 atom stereocenters. The second-order valence-corrected chi connectivity index (χ2v) is 8.93. The Morgan fingerprint density at radius 2 is 1.67 bits per heavy atom. The molecule has 2 aliphatic rings. The molecule has 2 fully saturated rings. The molecule has 2 aliphatic heterocycles. The third-order valence-corrected chi connectivity index (χ3v) is 6.71. The zero-order valence-corrected chi connectivity index (χ0v) is 20.6. The molecule has 0 radical (unpaired) electrons. The zero-order chi connectivity index (χ0) is 23.0. The number of rotatable bonds is 6. The SMILES string of the molecule is O=C([C@@H](c1ccccc1)N(Cc1ccccc1)C(=O)[O-])N1CC[C@@H]2[C@H]1C(=O)N2S(=O)(=O)O.[Na+]. The van der Waals surface area contributed by atoms with Crippen LogP contribution in [0.3, 0.4) is 0 Å². The number of benzene rings is 2. The number of likely N-dealkylation sites (tertiary alicyclic amines) is 1. The predicted octanol–water partition coefficient (Wildman–Crippen LogP) is -2.81. The summed E-state index contributed by atoms with van der Waals surface area (Å²) in [7, 11) is -4.73. The Bertz CT molecular complexity index is 1150. The standard InChI is InChI=1S/C21H21N3O7S.Na/c25-19(22-12-11-16-18(22)20(26)24(16)32(29,30)31)17(15-9-5-2-6-10-15)23(21(27)28)13-14-7-3-1-4-8-14;/h1-10,16-18H,11-13H2,(H,27,28)(H,29,30,31);/q;+1/p-1/t16-,17-,18+;/m1./s1. The van der Waals surface area contributed by atoms with Gasteiger partial charge in [0.05, 0.1) is 6.04 Å². The number of nitrogens with zero attached hydrogens (tertiary/aromatic N) is 3. The molecular weight excluding hydrogens is 461 g/mol. The van der Waals surface area contributed by atoms with Gasteiger partial charge in [0.15, 0.2) is 0 Å². The fraction of sp³-hybridized carbons (Fsp3) is 0.286. The van der Waals surface area contributed by atoms with Crippen molar-refractivity contribution in [1.82, 2.24) is 14.1 Å². The molecule has 2 saturated heterocycles. The summed E-state index contributed by atoms with van der Waals surface area (Å²) in [6, 6.07) is 13.7. The molecule has 0 aromatic heterocycles. The minimum atomic E-state index is -4.73. The number of amides is 3. The van der Waals surface area contributed by atoms with Crippen molar-refractivity contribution in [3.8, 4) is 0 Å². The normalized spacial score (nSPS) is 20.3. The van der Waals surface area contributed by atoms with Gasteiger partial charge in [-0.25, -0.2) is 4.31 Å². The van der Waals surface area contributed by atoms with Crippen molar-refractivity contribution >= 4 is 28.2 Å². The van der Waals surface area contributed by atoms with Gasteiger partial charge >= 0.3 is 39.9 Å². The molecule has 4 rings (SSSR count). The summed E-state index contributed by atoms with van der Waals surface area (Å²) in [5, 5.41) is 12.1. The Hall–Kier alpha value is -2.44. The van der Waals surface area contributed by atoms with Crippen LogP contribution in [0.1, 0.15) is 23.6 Å². The fourth-order valence-corrected chi connectivity index (χ4v) is 5.25. The van der Waals surface area contributed by atoms with E-state index in [1.165, 1.54) is 4.90 Å². The topological polar surface area (TPSA) is 138 Å². The molecule has 0 spiro atoms.